The van der Waals surface area contributed by atoms with Gasteiger partial charge in [0.25, 0.3) is 5.91 Å². The summed E-state index contributed by atoms with van der Waals surface area (Å²) in [5, 5.41) is 6.95. The highest BCUT2D eigenvalue weighted by Gasteiger charge is 2.21. The van der Waals surface area contributed by atoms with E-state index >= 15 is 0 Å². The van der Waals surface area contributed by atoms with Crippen LogP contribution in [0.3, 0.4) is 0 Å². The van der Waals surface area contributed by atoms with Gasteiger partial charge in [0.05, 0.1) is 17.2 Å². The zero-order chi connectivity index (χ0) is 14.4. The number of ether oxygens (including phenoxy) is 1. The van der Waals surface area contributed by atoms with Gasteiger partial charge >= 0.3 is 0 Å². The fourth-order valence-electron chi connectivity index (χ4n) is 1.66. The third-order valence-corrected chi connectivity index (χ3v) is 4.83. The second kappa shape index (κ2) is 7.62. The molecule has 0 radical (unpaired) electrons. The molecule has 1 heterocycles. The van der Waals surface area contributed by atoms with Crippen molar-refractivity contribution in [2.24, 2.45) is 0 Å². The molecule has 1 aromatic heterocycles. The number of nitrogen functional groups attached to an aromatic ring is 1. The van der Waals surface area contributed by atoms with Crippen molar-refractivity contribution in [2.45, 2.75) is 24.3 Å². The van der Waals surface area contributed by atoms with Crippen molar-refractivity contribution >= 4 is 39.7 Å². The van der Waals surface area contributed by atoms with Crippen LogP contribution in [0, 0.1) is 0 Å². The lowest BCUT2D eigenvalue weighted by Gasteiger charge is -2.16. The molecule has 0 aliphatic heterocycles. The van der Waals surface area contributed by atoms with Crippen LogP contribution in [0.25, 0.3) is 0 Å². The topological polar surface area (TPSA) is 76.4 Å². The Morgan fingerprint density at radius 3 is 2.74 bits per heavy atom. The van der Waals surface area contributed by atoms with Crippen molar-refractivity contribution in [3.05, 3.63) is 4.88 Å². The predicted molar refractivity (Wildman–Crippen MR) is 83.5 cm³/mol. The summed E-state index contributed by atoms with van der Waals surface area (Å²) in [6, 6.07) is 0.214. The molecule has 1 unspecified atom stereocenters. The third kappa shape index (κ3) is 3.77. The van der Waals surface area contributed by atoms with Crippen molar-refractivity contribution in [1.82, 2.24) is 5.32 Å². The third-order valence-electron chi connectivity index (χ3n) is 2.73. The maximum absolute atomic E-state index is 11.8. The van der Waals surface area contributed by atoms with E-state index in [1.165, 1.54) is 11.3 Å². The molecule has 1 atom stereocenters. The van der Waals surface area contributed by atoms with Crippen molar-refractivity contribution in [2.75, 3.05) is 38.1 Å². The van der Waals surface area contributed by atoms with Gasteiger partial charge in [-0.2, -0.15) is 0 Å². The summed E-state index contributed by atoms with van der Waals surface area (Å²) in [6.07, 6.45) is 2.89. The summed E-state index contributed by atoms with van der Waals surface area (Å²) >= 11 is 2.93. The van der Waals surface area contributed by atoms with Gasteiger partial charge in [-0.1, -0.05) is 6.92 Å². The van der Waals surface area contributed by atoms with Crippen LogP contribution >= 0.6 is 23.1 Å². The molecule has 0 spiro atoms. The van der Waals surface area contributed by atoms with Crippen LogP contribution < -0.4 is 16.4 Å². The lowest BCUT2D eigenvalue weighted by Crippen LogP contribution is -2.23. The maximum Gasteiger partial charge on any atom is 0.263 e. The molecule has 0 bridgehead atoms. The second-order valence-corrected chi connectivity index (χ2v) is 5.83. The van der Waals surface area contributed by atoms with Gasteiger partial charge in [0.1, 0.15) is 9.88 Å². The fourth-order valence-corrected chi connectivity index (χ4v) is 3.70. The first kappa shape index (κ1) is 16.1. The Hall–Kier alpha value is -0.920. The van der Waals surface area contributed by atoms with E-state index in [9.17, 15) is 4.79 Å². The van der Waals surface area contributed by atoms with E-state index in [0.717, 1.165) is 16.3 Å². The minimum absolute atomic E-state index is 0.148. The quantitative estimate of drug-likeness (QED) is 0.674. The highest BCUT2D eigenvalue weighted by molar-refractivity contribution is 7.99. The number of hydrogen-bond acceptors (Lipinski definition) is 6. The van der Waals surface area contributed by atoms with Crippen LogP contribution in [0.4, 0.5) is 10.7 Å². The van der Waals surface area contributed by atoms with Crippen LogP contribution in [-0.4, -0.2) is 39.0 Å². The molecule has 1 rings (SSSR count). The molecule has 0 fully saturated rings. The van der Waals surface area contributed by atoms with Crippen molar-refractivity contribution in [3.63, 3.8) is 0 Å². The molecular formula is C12H21N3O2S2. The number of thioether (sulfide) groups is 1. The van der Waals surface area contributed by atoms with Crippen LogP contribution in [0.1, 0.15) is 23.0 Å². The van der Waals surface area contributed by atoms with Crippen molar-refractivity contribution < 1.29 is 9.53 Å². The fraction of sp³-hybridized carbons (Fsp3) is 0.583. The Balaban J connectivity index is 3.03. The summed E-state index contributed by atoms with van der Waals surface area (Å²) in [4.78, 5) is 13.2. The minimum Gasteiger partial charge on any atom is -0.396 e. The number of carbonyl (C=O) groups is 1. The number of carbonyl (C=O) groups excluding carboxylic acids is 1. The Bertz CT molecular complexity index is 435. The van der Waals surface area contributed by atoms with E-state index in [4.69, 9.17) is 10.5 Å². The molecule has 4 N–H and O–H groups in total. The van der Waals surface area contributed by atoms with E-state index in [-0.39, 0.29) is 11.9 Å². The normalized spacial score (nSPS) is 12.2. The highest BCUT2D eigenvalue weighted by Crippen LogP contribution is 2.42. The number of rotatable bonds is 7. The van der Waals surface area contributed by atoms with Gasteiger partial charge in [0.2, 0.25) is 0 Å². The predicted octanol–water partition coefficient (Wildman–Crippen LogP) is 2.25. The van der Waals surface area contributed by atoms with E-state index in [2.05, 4.69) is 17.6 Å². The van der Waals surface area contributed by atoms with Gasteiger partial charge in [-0.05, 0) is 12.7 Å². The molecule has 19 heavy (non-hydrogen) atoms. The SMILES string of the molecule is CCC(COC)Nc1sc(C(=O)NC)c(N)c1SC. The first-order valence-electron chi connectivity index (χ1n) is 6.02. The van der Waals surface area contributed by atoms with Crippen LogP contribution in [-0.2, 0) is 4.74 Å². The van der Waals surface area contributed by atoms with Gasteiger partial charge in [-0.25, -0.2) is 0 Å². The number of anilines is 2. The largest absolute Gasteiger partial charge is 0.396 e. The number of amides is 1. The number of methoxy groups -OCH3 is 1. The smallest absolute Gasteiger partial charge is 0.263 e. The van der Waals surface area contributed by atoms with Gasteiger partial charge in [0.15, 0.2) is 0 Å². The van der Waals surface area contributed by atoms with Crippen LogP contribution in [0.5, 0.6) is 0 Å². The van der Waals surface area contributed by atoms with Gasteiger partial charge < -0.3 is 21.1 Å². The standard InChI is InChI=1S/C12H21N3O2S2/c1-5-7(6-17-3)15-12-10(18-4)8(13)9(19-12)11(16)14-2/h7,15H,5-6,13H2,1-4H3,(H,14,16). The molecule has 0 aromatic carbocycles. The van der Waals surface area contributed by atoms with Crippen LogP contribution in [0.2, 0.25) is 0 Å². The summed E-state index contributed by atoms with van der Waals surface area (Å²) in [7, 11) is 3.28. The molecular weight excluding hydrogens is 282 g/mol. The number of nitrogens with one attached hydrogen (secondary N) is 2. The monoisotopic (exact) mass is 303 g/mol. The summed E-state index contributed by atoms with van der Waals surface area (Å²) < 4.78 is 5.17. The van der Waals surface area contributed by atoms with E-state index in [1.807, 2.05) is 6.26 Å². The van der Waals surface area contributed by atoms with Gasteiger partial charge in [-0.15, -0.1) is 23.1 Å². The van der Waals surface area contributed by atoms with Gasteiger partial charge in [-0.3, -0.25) is 4.79 Å². The lowest BCUT2D eigenvalue weighted by atomic mass is 10.2. The Morgan fingerprint density at radius 1 is 1.58 bits per heavy atom. The summed E-state index contributed by atoms with van der Waals surface area (Å²) in [6.45, 7) is 2.71. The molecule has 108 valence electrons. The molecule has 0 saturated heterocycles. The zero-order valence-electron chi connectivity index (χ0n) is 11.7. The Morgan fingerprint density at radius 2 is 2.26 bits per heavy atom. The zero-order valence-corrected chi connectivity index (χ0v) is 13.3. The first-order chi connectivity index (χ1) is 9.08. The molecule has 0 aliphatic carbocycles. The molecule has 7 heteroatoms. The number of nitrogens with two attached hydrogens (primary N) is 1. The maximum atomic E-state index is 11.8. The molecule has 5 nitrogen and oxygen atoms in total. The molecule has 1 amide bonds. The van der Waals surface area contributed by atoms with E-state index in [1.54, 1.807) is 25.9 Å². The average molecular weight is 303 g/mol. The summed E-state index contributed by atoms with van der Waals surface area (Å²) in [5.41, 5.74) is 6.59. The molecule has 0 saturated carbocycles. The van der Waals surface area contributed by atoms with Crippen LogP contribution in [0.15, 0.2) is 4.90 Å². The van der Waals surface area contributed by atoms with Gasteiger partial charge in [0, 0.05) is 20.2 Å². The highest BCUT2D eigenvalue weighted by atomic mass is 32.2. The second-order valence-electron chi connectivity index (χ2n) is 3.99. The Kier molecular flexibility index (Phi) is 6.47. The van der Waals surface area contributed by atoms with Crippen molar-refractivity contribution in [1.29, 1.82) is 0 Å². The summed E-state index contributed by atoms with van der Waals surface area (Å²) in [5.74, 6) is -0.148. The number of hydrogen-bond donors (Lipinski definition) is 3. The molecule has 1 aromatic rings. The molecule has 0 aliphatic rings. The Labute approximate surface area is 122 Å². The van der Waals surface area contributed by atoms with E-state index < -0.39 is 0 Å². The first-order valence-corrected chi connectivity index (χ1v) is 8.06. The van der Waals surface area contributed by atoms with Crippen molar-refractivity contribution in [3.8, 4) is 0 Å². The minimum atomic E-state index is -0.148. The average Bonchev–Trinajstić information content (AvgIpc) is 2.73. The van der Waals surface area contributed by atoms with E-state index in [0.29, 0.717) is 17.2 Å². The lowest BCUT2D eigenvalue weighted by molar-refractivity contribution is 0.0968. The number of thiophene rings is 1.